The first kappa shape index (κ1) is 15.4. The minimum absolute atomic E-state index is 0.0664. The first-order valence-electron chi connectivity index (χ1n) is 5.61. The van der Waals surface area contributed by atoms with Crippen LogP contribution in [0.15, 0.2) is 41.3 Å². The number of halogens is 2. The molecule has 21 heavy (non-hydrogen) atoms. The van der Waals surface area contributed by atoms with Crippen LogP contribution >= 0.6 is 23.2 Å². The van der Waals surface area contributed by atoms with Crippen molar-refractivity contribution in [3.05, 3.63) is 52.0 Å². The number of nitrogens with two attached hydrogens (primary N) is 1. The van der Waals surface area contributed by atoms with Crippen LogP contribution in [0.25, 0.3) is 0 Å². The molecule has 108 valence electrons. The summed E-state index contributed by atoms with van der Waals surface area (Å²) >= 11 is 11.7. The summed E-state index contributed by atoms with van der Waals surface area (Å²) in [6.07, 6.45) is 0. The van der Waals surface area contributed by atoms with E-state index in [9.17, 15) is 8.42 Å². The molecule has 2 aromatic carbocycles. The molecule has 0 aromatic heterocycles. The van der Waals surface area contributed by atoms with Gasteiger partial charge in [-0.3, -0.25) is 4.72 Å². The molecule has 0 saturated carbocycles. The maximum absolute atomic E-state index is 12.3. The summed E-state index contributed by atoms with van der Waals surface area (Å²) in [5.74, 6) is 0. The zero-order valence-electron chi connectivity index (χ0n) is 10.5. The molecule has 0 unspecified atom stereocenters. The van der Waals surface area contributed by atoms with Crippen molar-refractivity contribution in [3.8, 4) is 6.07 Å². The minimum atomic E-state index is -3.94. The number of rotatable bonds is 3. The largest absolute Gasteiger partial charge is 0.398 e. The Balaban J connectivity index is 2.43. The summed E-state index contributed by atoms with van der Waals surface area (Å²) < 4.78 is 26.9. The molecule has 0 fully saturated rings. The Bertz CT molecular complexity index is 845. The third-order valence-electron chi connectivity index (χ3n) is 2.61. The number of benzene rings is 2. The number of anilines is 2. The second kappa shape index (κ2) is 5.82. The number of nitrogens with zero attached hydrogens (tertiary/aromatic N) is 1. The van der Waals surface area contributed by atoms with Crippen molar-refractivity contribution in [2.24, 2.45) is 0 Å². The lowest BCUT2D eigenvalue weighted by atomic mass is 10.2. The van der Waals surface area contributed by atoms with Crippen LogP contribution in [0.5, 0.6) is 0 Å². The minimum Gasteiger partial charge on any atom is -0.398 e. The van der Waals surface area contributed by atoms with Crippen LogP contribution in [0.3, 0.4) is 0 Å². The Kier molecular flexibility index (Phi) is 4.28. The van der Waals surface area contributed by atoms with E-state index in [2.05, 4.69) is 4.72 Å². The van der Waals surface area contributed by atoms with Crippen LogP contribution in [-0.2, 0) is 10.0 Å². The highest BCUT2D eigenvalue weighted by molar-refractivity contribution is 7.92. The van der Waals surface area contributed by atoms with Crippen molar-refractivity contribution < 1.29 is 8.42 Å². The molecule has 3 N–H and O–H groups in total. The summed E-state index contributed by atoms with van der Waals surface area (Å²) in [7, 11) is -3.94. The Hall–Kier alpha value is -1.94. The van der Waals surface area contributed by atoms with Crippen molar-refractivity contribution >= 4 is 44.6 Å². The second-order valence-electron chi connectivity index (χ2n) is 4.09. The maximum Gasteiger partial charge on any atom is 0.264 e. The highest BCUT2D eigenvalue weighted by Crippen LogP contribution is 2.28. The average molecular weight is 342 g/mol. The molecule has 5 nitrogen and oxygen atoms in total. The average Bonchev–Trinajstić information content (AvgIpc) is 2.43. The summed E-state index contributed by atoms with van der Waals surface area (Å²) in [5, 5.41) is 9.11. The lowest BCUT2D eigenvalue weighted by molar-refractivity contribution is 0.601. The molecule has 0 radical (unpaired) electrons. The molecule has 0 atom stereocenters. The smallest absolute Gasteiger partial charge is 0.264 e. The normalized spacial score (nSPS) is 10.9. The van der Waals surface area contributed by atoms with E-state index in [1.54, 1.807) is 0 Å². The number of hydrogen-bond acceptors (Lipinski definition) is 4. The first-order valence-corrected chi connectivity index (χ1v) is 7.85. The molecular weight excluding hydrogens is 333 g/mol. The van der Waals surface area contributed by atoms with E-state index < -0.39 is 10.0 Å². The molecule has 0 aliphatic rings. The molecule has 0 aliphatic carbocycles. The number of hydrogen-bond donors (Lipinski definition) is 2. The predicted molar refractivity (Wildman–Crippen MR) is 82.8 cm³/mol. The predicted octanol–water partition coefficient (Wildman–Crippen LogP) is 3.25. The lowest BCUT2D eigenvalue weighted by Crippen LogP contribution is -2.15. The van der Waals surface area contributed by atoms with Gasteiger partial charge in [0.1, 0.15) is 4.90 Å². The Morgan fingerprint density at radius 2 is 1.86 bits per heavy atom. The number of nitrogens with one attached hydrogen (secondary N) is 1. The third-order valence-corrected chi connectivity index (χ3v) is 4.58. The van der Waals surface area contributed by atoms with Gasteiger partial charge in [0.25, 0.3) is 10.0 Å². The maximum atomic E-state index is 12.3. The van der Waals surface area contributed by atoms with Crippen LogP contribution in [0.1, 0.15) is 5.56 Å². The Labute approximate surface area is 132 Å². The van der Waals surface area contributed by atoms with Gasteiger partial charge >= 0.3 is 0 Å². The quantitative estimate of drug-likeness (QED) is 0.837. The van der Waals surface area contributed by atoms with Crippen molar-refractivity contribution in [1.29, 1.82) is 5.26 Å². The summed E-state index contributed by atoms with van der Waals surface area (Å²) in [6.45, 7) is 0. The molecule has 2 rings (SSSR count). The molecule has 2 aromatic rings. The zero-order valence-corrected chi connectivity index (χ0v) is 12.8. The van der Waals surface area contributed by atoms with Gasteiger partial charge in [0.15, 0.2) is 0 Å². The van der Waals surface area contributed by atoms with Gasteiger partial charge in [-0.1, -0.05) is 23.2 Å². The molecule has 0 spiro atoms. The van der Waals surface area contributed by atoms with E-state index in [1.165, 1.54) is 36.4 Å². The van der Waals surface area contributed by atoms with Crippen molar-refractivity contribution in [2.75, 3.05) is 10.5 Å². The van der Waals surface area contributed by atoms with Gasteiger partial charge < -0.3 is 5.73 Å². The SMILES string of the molecule is N#Cc1ccc(NS(=O)(=O)c2cc(Cl)ccc2N)c(Cl)c1. The molecule has 8 heteroatoms. The summed E-state index contributed by atoms with van der Waals surface area (Å²) in [6, 6.07) is 10.3. The fraction of sp³-hybridized carbons (Fsp3) is 0. The van der Waals surface area contributed by atoms with E-state index in [-0.39, 0.29) is 26.3 Å². The molecule has 0 amide bonds. The van der Waals surface area contributed by atoms with Gasteiger partial charge in [0.05, 0.1) is 28.0 Å². The van der Waals surface area contributed by atoms with E-state index in [0.29, 0.717) is 5.56 Å². The van der Waals surface area contributed by atoms with Crippen LogP contribution in [0, 0.1) is 11.3 Å². The Morgan fingerprint density at radius 1 is 1.14 bits per heavy atom. The van der Waals surface area contributed by atoms with E-state index >= 15 is 0 Å². The van der Waals surface area contributed by atoms with Gasteiger partial charge in [-0.25, -0.2) is 8.42 Å². The van der Waals surface area contributed by atoms with Crippen molar-refractivity contribution in [3.63, 3.8) is 0 Å². The van der Waals surface area contributed by atoms with Gasteiger partial charge in [-0.05, 0) is 36.4 Å². The van der Waals surface area contributed by atoms with E-state index in [1.807, 2.05) is 6.07 Å². The van der Waals surface area contributed by atoms with Gasteiger partial charge in [0, 0.05) is 5.02 Å². The van der Waals surface area contributed by atoms with Crippen LogP contribution < -0.4 is 10.5 Å². The standard InChI is InChI=1S/C13H9Cl2N3O2S/c14-9-2-3-11(17)13(6-9)21(19,20)18-12-4-1-8(7-16)5-10(12)15/h1-6,18H,17H2. The number of sulfonamides is 1. The molecule has 0 aliphatic heterocycles. The Morgan fingerprint density at radius 3 is 2.48 bits per heavy atom. The van der Waals surface area contributed by atoms with E-state index in [4.69, 9.17) is 34.2 Å². The van der Waals surface area contributed by atoms with Crippen molar-refractivity contribution in [1.82, 2.24) is 0 Å². The molecule has 0 saturated heterocycles. The highest BCUT2D eigenvalue weighted by Gasteiger charge is 2.19. The lowest BCUT2D eigenvalue weighted by Gasteiger charge is -2.11. The van der Waals surface area contributed by atoms with E-state index in [0.717, 1.165) is 0 Å². The molecule has 0 bridgehead atoms. The fourth-order valence-electron chi connectivity index (χ4n) is 1.61. The zero-order chi connectivity index (χ0) is 15.6. The number of nitrogen functional groups attached to an aromatic ring is 1. The molecule has 0 heterocycles. The monoisotopic (exact) mass is 341 g/mol. The fourth-order valence-corrected chi connectivity index (χ4v) is 3.37. The van der Waals surface area contributed by atoms with Gasteiger partial charge in [0.2, 0.25) is 0 Å². The highest BCUT2D eigenvalue weighted by atomic mass is 35.5. The van der Waals surface area contributed by atoms with Crippen LogP contribution in [-0.4, -0.2) is 8.42 Å². The molecular formula is C13H9Cl2N3O2S. The summed E-state index contributed by atoms with van der Waals surface area (Å²) in [4.78, 5) is -0.143. The van der Waals surface area contributed by atoms with Crippen LogP contribution in [0.4, 0.5) is 11.4 Å². The topological polar surface area (TPSA) is 96.0 Å². The third kappa shape index (κ3) is 3.39. The van der Waals surface area contributed by atoms with Crippen molar-refractivity contribution in [2.45, 2.75) is 4.90 Å². The second-order valence-corrected chi connectivity index (χ2v) is 6.59. The van der Waals surface area contributed by atoms with Crippen LogP contribution in [0.2, 0.25) is 10.0 Å². The van der Waals surface area contributed by atoms with Gasteiger partial charge in [-0.2, -0.15) is 5.26 Å². The number of nitriles is 1. The summed E-state index contributed by atoms with van der Waals surface area (Å²) in [5.41, 5.74) is 6.20. The first-order chi connectivity index (χ1) is 9.83. The van der Waals surface area contributed by atoms with Gasteiger partial charge in [-0.15, -0.1) is 0 Å².